The number of thiophene rings is 1. The van der Waals surface area contributed by atoms with Gasteiger partial charge in [-0.2, -0.15) is 11.3 Å². The predicted octanol–water partition coefficient (Wildman–Crippen LogP) is 4.21. The molecule has 6 nitrogen and oxygen atoms in total. The van der Waals surface area contributed by atoms with Gasteiger partial charge in [0.2, 0.25) is 0 Å². The standard InChI is InChI=1S/C21H19N3O3S2/c1-21(26,14-7-10-28-11-14)13-24-19(25)18-16(12-29-20-22-8-4-9-23-20)15-5-2-3-6-17(15)27-18/h2-11,26H,12-13H2,1H3,(H,24,25)/t21-/m0/s1. The Morgan fingerprint density at radius 1 is 1.24 bits per heavy atom. The van der Waals surface area contributed by atoms with Crippen LogP contribution in [0.5, 0.6) is 0 Å². The molecule has 8 heteroatoms. The molecule has 2 N–H and O–H groups in total. The zero-order chi connectivity index (χ0) is 20.3. The average Bonchev–Trinajstić information content (AvgIpc) is 3.40. The number of nitrogens with one attached hydrogen (secondary N) is 1. The van der Waals surface area contributed by atoms with Crippen LogP contribution < -0.4 is 5.32 Å². The van der Waals surface area contributed by atoms with Gasteiger partial charge in [-0.05, 0) is 41.4 Å². The first-order chi connectivity index (χ1) is 14.0. The molecular formula is C21H19N3O3S2. The van der Waals surface area contributed by atoms with Crippen molar-refractivity contribution in [2.24, 2.45) is 0 Å². The lowest BCUT2D eigenvalue weighted by molar-refractivity contribution is 0.0522. The van der Waals surface area contributed by atoms with E-state index in [0.29, 0.717) is 16.5 Å². The third kappa shape index (κ3) is 4.34. The number of carbonyl (C=O) groups excluding carboxylic acids is 1. The number of nitrogens with zero attached hydrogens (tertiary/aromatic N) is 2. The Kier molecular flexibility index (Phi) is 5.66. The van der Waals surface area contributed by atoms with Gasteiger partial charge in [-0.15, -0.1) is 0 Å². The maximum absolute atomic E-state index is 12.9. The number of thioether (sulfide) groups is 1. The first-order valence-corrected chi connectivity index (χ1v) is 10.9. The summed E-state index contributed by atoms with van der Waals surface area (Å²) in [7, 11) is 0. The van der Waals surface area contributed by atoms with Crippen LogP contribution in [0.15, 0.2) is 69.1 Å². The van der Waals surface area contributed by atoms with Crippen molar-refractivity contribution in [3.63, 3.8) is 0 Å². The van der Waals surface area contributed by atoms with Crippen LogP contribution in [0.1, 0.15) is 28.6 Å². The summed E-state index contributed by atoms with van der Waals surface area (Å²) in [5.74, 6) is 0.377. The number of hydrogen-bond donors (Lipinski definition) is 2. The molecule has 0 aliphatic heterocycles. The average molecular weight is 426 g/mol. The highest BCUT2D eigenvalue weighted by atomic mass is 32.2. The Labute approximate surface area is 176 Å². The van der Waals surface area contributed by atoms with Crippen molar-refractivity contribution < 1.29 is 14.3 Å². The lowest BCUT2D eigenvalue weighted by Gasteiger charge is -2.22. The van der Waals surface area contributed by atoms with Crippen LogP contribution in [0.4, 0.5) is 0 Å². The van der Waals surface area contributed by atoms with E-state index >= 15 is 0 Å². The molecule has 0 unspecified atom stereocenters. The van der Waals surface area contributed by atoms with E-state index in [9.17, 15) is 9.90 Å². The van der Waals surface area contributed by atoms with Gasteiger partial charge in [0.15, 0.2) is 10.9 Å². The van der Waals surface area contributed by atoms with Crippen LogP contribution in [0, 0.1) is 0 Å². The molecule has 0 saturated heterocycles. The second-order valence-corrected chi connectivity index (χ2v) is 8.42. The van der Waals surface area contributed by atoms with Gasteiger partial charge in [0, 0.05) is 29.1 Å². The Balaban J connectivity index is 1.56. The molecule has 1 amide bonds. The van der Waals surface area contributed by atoms with Gasteiger partial charge >= 0.3 is 0 Å². The number of furan rings is 1. The molecule has 1 atom stereocenters. The molecular weight excluding hydrogens is 406 g/mol. The molecule has 0 spiro atoms. The van der Waals surface area contributed by atoms with E-state index in [0.717, 1.165) is 16.5 Å². The zero-order valence-electron chi connectivity index (χ0n) is 15.7. The highest BCUT2D eigenvalue weighted by Gasteiger charge is 2.27. The topological polar surface area (TPSA) is 88.2 Å². The molecule has 3 aromatic heterocycles. The van der Waals surface area contributed by atoms with Gasteiger partial charge in [0.1, 0.15) is 11.2 Å². The summed E-state index contributed by atoms with van der Waals surface area (Å²) in [4.78, 5) is 21.3. The summed E-state index contributed by atoms with van der Waals surface area (Å²) in [5, 5.41) is 18.8. The van der Waals surface area contributed by atoms with E-state index < -0.39 is 5.60 Å². The molecule has 0 fully saturated rings. The Morgan fingerprint density at radius 2 is 2.03 bits per heavy atom. The Bertz CT molecular complexity index is 1110. The third-order valence-corrected chi connectivity index (χ3v) is 6.11. The second-order valence-electron chi connectivity index (χ2n) is 6.69. The minimum Gasteiger partial charge on any atom is -0.451 e. The first-order valence-electron chi connectivity index (χ1n) is 8.98. The molecule has 0 saturated carbocycles. The number of benzene rings is 1. The van der Waals surface area contributed by atoms with Gasteiger partial charge in [-0.3, -0.25) is 4.79 Å². The predicted molar refractivity (Wildman–Crippen MR) is 114 cm³/mol. The molecule has 4 aromatic rings. The van der Waals surface area contributed by atoms with E-state index in [4.69, 9.17) is 4.42 Å². The lowest BCUT2D eigenvalue weighted by Crippen LogP contribution is -2.38. The van der Waals surface area contributed by atoms with Crippen LogP contribution in [-0.2, 0) is 11.4 Å². The molecule has 1 aromatic carbocycles. The van der Waals surface area contributed by atoms with Gasteiger partial charge in [0.25, 0.3) is 5.91 Å². The van der Waals surface area contributed by atoms with E-state index in [1.165, 1.54) is 23.1 Å². The quantitative estimate of drug-likeness (QED) is 0.341. The highest BCUT2D eigenvalue weighted by molar-refractivity contribution is 7.98. The van der Waals surface area contributed by atoms with Crippen molar-refractivity contribution >= 4 is 40.0 Å². The molecule has 0 aliphatic rings. The molecule has 0 bridgehead atoms. The second kappa shape index (κ2) is 8.36. The van der Waals surface area contributed by atoms with Crippen LogP contribution >= 0.6 is 23.1 Å². The van der Waals surface area contributed by atoms with Crippen molar-refractivity contribution in [2.75, 3.05) is 6.54 Å². The number of carbonyl (C=O) groups is 1. The van der Waals surface area contributed by atoms with E-state index in [1.807, 2.05) is 41.1 Å². The maximum atomic E-state index is 12.9. The molecule has 3 heterocycles. The fourth-order valence-corrected chi connectivity index (χ4v) is 4.54. The van der Waals surface area contributed by atoms with E-state index in [1.54, 1.807) is 25.4 Å². The van der Waals surface area contributed by atoms with Crippen molar-refractivity contribution in [1.82, 2.24) is 15.3 Å². The van der Waals surface area contributed by atoms with Crippen molar-refractivity contribution in [3.8, 4) is 0 Å². The van der Waals surface area contributed by atoms with E-state index in [-0.39, 0.29) is 18.2 Å². The van der Waals surface area contributed by atoms with Crippen LogP contribution in [0.25, 0.3) is 11.0 Å². The monoisotopic (exact) mass is 425 g/mol. The van der Waals surface area contributed by atoms with Crippen molar-refractivity contribution in [2.45, 2.75) is 23.4 Å². The summed E-state index contributed by atoms with van der Waals surface area (Å²) in [6.45, 7) is 1.76. The van der Waals surface area contributed by atoms with E-state index in [2.05, 4.69) is 15.3 Å². The number of fused-ring (bicyclic) bond motifs is 1. The van der Waals surface area contributed by atoms with Crippen LogP contribution in [0.3, 0.4) is 0 Å². The van der Waals surface area contributed by atoms with Gasteiger partial charge < -0.3 is 14.8 Å². The lowest BCUT2D eigenvalue weighted by atomic mass is 9.99. The normalized spacial score (nSPS) is 13.3. The summed E-state index contributed by atoms with van der Waals surface area (Å²) in [6, 6.07) is 11.1. The number of rotatable bonds is 7. The Hall–Kier alpha value is -2.68. The number of hydrogen-bond acceptors (Lipinski definition) is 7. The largest absolute Gasteiger partial charge is 0.451 e. The molecule has 0 radical (unpaired) electrons. The Morgan fingerprint density at radius 3 is 2.79 bits per heavy atom. The first kappa shape index (κ1) is 19.6. The van der Waals surface area contributed by atoms with Gasteiger partial charge in [-0.1, -0.05) is 30.0 Å². The number of para-hydroxylation sites is 1. The highest BCUT2D eigenvalue weighted by Crippen LogP contribution is 2.31. The summed E-state index contributed by atoms with van der Waals surface area (Å²) in [6.07, 6.45) is 3.37. The molecule has 0 aliphatic carbocycles. The summed E-state index contributed by atoms with van der Waals surface area (Å²) < 4.78 is 5.86. The fraction of sp³-hybridized carbons (Fsp3) is 0.190. The minimum atomic E-state index is -1.16. The number of amides is 1. The maximum Gasteiger partial charge on any atom is 0.287 e. The van der Waals surface area contributed by atoms with Crippen LogP contribution in [0.2, 0.25) is 0 Å². The molecule has 29 heavy (non-hydrogen) atoms. The fourth-order valence-electron chi connectivity index (χ4n) is 2.93. The van der Waals surface area contributed by atoms with Gasteiger partial charge in [-0.25, -0.2) is 9.97 Å². The zero-order valence-corrected chi connectivity index (χ0v) is 17.3. The summed E-state index contributed by atoms with van der Waals surface area (Å²) in [5.41, 5.74) is 1.04. The van der Waals surface area contributed by atoms with Crippen molar-refractivity contribution in [1.29, 1.82) is 0 Å². The van der Waals surface area contributed by atoms with Crippen LogP contribution in [-0.4, -0.2) is 27.5 Å². The SMILES string of the molecule is C[C@](O)(CNC(=O)c1oc2ccccc2c1CSc1ncccn1)c1ccsc1. The summed E-state index contributed by atoms with van der Waals surface area (Å²) >= 11 is 2.94. The third-order valence-electron chi connectivity index (χ3n) is 4.53. The smallest absolute Gasteiger partial charge is 0.287 e. The number of aromatic nitrogens is 2. The molecule has 148 valence electrons. The molecule has 4 rings (SSSR count). The van der Waals surface area contributed by atoms with Gasteiger partial charge in [0.05, 0.1) is 6.54 Å². The number of aliphatic hydroxyl groups is 1. The minimum absolute atomic E-state index is 0.0774. The van der Waals surface area contributed by atoms with Crippen molar-refractivity contribution in [3.05, 3.63) is 76.4 Å².